The second kappa shape index (κ2) is 10.5. The summed E-state index contributed by atoms with van der Waals surface area (Å²) in [6, 6.07) is 14.5. The van der Waals surface area contributed by atoms with Crippen molar-refractivity contribution in [1.29, 1.82) is 0 Å². The molecule has 162 valence electrons. The van der Waals surface area contributed by atoms with E-state index in [1.165, 1.54) is 43.5 Å². The van der Waals surface area contributed by atoms with E-state index in [1.54, 1.807) is 0 Å². The maximum Gasteiger partial charge on any atom is 0.258 e. The Morgan fingerprint density at radius 3 is 2.33 bits per heavy atom. The van der Waals surface area contributed by atoms with Gasteiger partial charge in [-0.1, -0.05) is 57.5 Å². The zero-order valence-electron chi connectivity index (χ0n) is 18.3. The monoisotopic (exact) mass is 472 g/mol. The molecule has 2 aromatic rings. The van der Waals surface area contributed by atoms with Crippen LogP contribution >= 0.6 is 15.9 Å². The highest BCUT2D eigenvalue weighted by atomic mass is 79.9. The van der Waals surface area contributed by atoms with Gasteiger partial charge < -0.3 is 10.1 Å². The molecule has 0 spiro atoms. The molecule has 2 aromatic carbocycles. The van der Waals surface area contributed by atoms with E-state index in [2.05, 4.69) is 77.2 Å². The molecule has 0 aromatic heterocycles. The van der Waals surface area contributed by atoms with Gasteiger partial charge in [-0.2, -0.15) is 0 Å². The lowest BCUT2D eigenvalue weighted by molar-refractivity contribution is -0.123. The van der Waals surface area contributed by atoms with E-state index in [0.717, 1.165) is 16.6 Å². The number of likely N-dealkylation sites (tertiary alicyclic amines) is 1. The Bertz CT molecular complexity index is 837. The Kier molecular flexibility index (Phi) is 7.95. The van der Waals surface area contributed by atoms with Crippen LogP contribution in [0.1, 0.15) is 56.7 Å². The number of ether oxygens (including phenoxy) is 1. The SMILES string of the molecule is CC(C)(C)c1ccc(OCC(=O)NCc2ccc(CN3CCCCC3)cc2)c(Br)c1. The number of halogens is 1. The van der Waals surface area contributed by atoms with Crippen LogP contribution in [-0.2, 0) is 23.3 Å². The molecular weight excluding hydrogens is 440 g/mol. The van der Waals surface area contributed by atoms with Crippen molar-refractivity contribution in [2.45, 2.75) is 58.5 Å². The van der Waals surface area contributed by atoms with Gasteiger partial charge in [0.15, 0.2) is 6.61 Å². The number of rotatable bonds is 7. The van der Waals surface area contributed by atoms with E-state index < -0.39 is 0 Å². The number of hydrogen-bond acceptors (Lipinski definition) is 3. The van der Waals surface area contributed by atoms with Crippen molar-refractivity contribution in [3.63, 3.8) is 0 Å². The van der Waals surface area contributed by atoms with Crippen molar-refractivity contribution >= 4 is 21.8 Å². The van der Waals surface area contributed by atoms with E-state index in [9.17, 15) is 4.79 Å². The first-order valence-electron chi connectivity index (χ1n) is 10.8. The normalized spacial score (nSPS) is 15.1. The second-order valence-electron chi connectivity index (χ2n) is 9.11. The van der Waals surface area contributed by atoms with E-state index in [-0.39, 0.29) is 17.9 Å². The van der Waals surface area contributed by atoms with E-state index in [4.69, 9.17) is 4.74 Å². The van der Waals surface area contributed by atoms with Crippen LogP contribution < -0.4 is 10.1 Å². The summed E-state index contributed by atoms with van der Waals surface area (Å²) in [7, 11) is 0. The van der Waals surface area contributed by atoms with Crippen molar-refractivity contribution in [2.24, 2.45) is 0 Å². The third-order valence-electron chi connectivity index (χ3n) is 5.52. The standard InChI is InChI=1S/C25H33BrN2O2/c1-25(2,3)21-11-12-23(22(26)15-21)30-18-24(29)27-16-19-7-9-20(10-8-19)17-28-13-5-4-6-14-28/h7-12,15H,4-6,13-14,16-18H2,1-3H3,(H,27,29). The first-order valence-corrected chi connectivity index (χ1v) is 11.6. The molecule has 0 bridgehead atoms. The molecule has 5 heteroatoms. The third-order valence-corrected chi connectivity index (χ3v) is 6.14. The average molecular weight is 473 g/mol. The number of hydrogen-bond donors (Lipinski definition) is 1. The van der Waals surface area contributed by atoms with Crippen LogP contribution in [0.25, 0.3) is 0 Å². The molecule has 0 saturated carbocycles. The maximum atomic E-state index is 12.2. The van der Waals surface area contributed by atoms with Gasteiger partial charge in [-0.3, -0.25) is 9.69 Å². The first kappa shape index (κ1) is 22.8. The first-order chi connectivity index (χ1) is 14.3. The summed E-state index contributed by atoms with van der Waals surface area (Å²) < 4.78 is 6.56. The number of carbonyl (C=O) groups is 1. The Morgan fingerprint density at radius 2 is 1.70 bits per heavy atom. The summed E-state index contributed by atoms with van der Waals surface area (Å²) in [6.07, 6.45) is 3.98. The summed E-state index contributed by atoms with van der Waals surface area (Å²) in [5.41, 5.74) is 3.72. The molecule has 1 saturated heterocycles. The van der Waals surface area contributed by atoms with Gasteiger partial charge in [0.2, 0.25) is 0 Å². The highest BCUT2D eigenvalue weighted by Gasteiger charge is 2.16. The summed E-state index contributed by atoms with van der Waals surface area (Å²) in [4.78, 5) is 14.7. The summed E-state index contributed by atoms with van der Waals surface area (Å²) in [5.74, 6) is 0.555. The molecule has 1 N–H and O–H groups in total. The Balaban J connectivity index is 1.43. The Morgan fingerprint density at radius 1 is 1.03 bits per heavy atom. The van der Waals surface area contributed by atoms with Crippen molar-refractivity contribution in [3.05, 3.63) is 63.6 Å². The minimum absolute atomic E-state index is 0.000504. The van der Waals surface area contributed by atoms with Crippen molar-refractivity contribution in [1.82, 2.24) is 10.2 Å². The third kappa shape index (κ3) is 6.85. The molecule has 1 fully saturated rings. The molecule has 1 aliphatic heterocycles. The van der Waals surface area contributed by atoms with Crippen LogP contribution in [0.5, 0.6) is 5.75 Å². The number of benzene rings is 2. The quantitative estimate of drug-likeness (QED) is 0.583. The number of carbonyl (C=O) groups excluding carboxylic acids is 1. The smallest absolute Gasteiger partial charge is 0.258 e. The highest BCUT2D eigenvalue weighted by molar-refractivity contribution is 9.10. The molecule has 4 nitrogen and oxygen atoms in total. The largest absolute Gasteiger partial charge is 0.483 e. The van der Waals surface area contributed by atoms with E-state index in [0.29, 0.717) is 12.3 Å². The number of amides is 1. The zero-order valence-corrected chi connectivity index (χ0v) is 19.9. The summed E-state index contributed by atoms with van der Waals surface area (Å²) in [5, 5.41) is 2.94. The van der Waals surface area contributed by atoms with E-state index >= 15 is 0 Å². The van der Waals surface area contributed by atoms with Gasteiger partial charge >= 0.3 is 0 Å². The topological polar surface area (TPSA) is 41.6 Å². The van der Waals surface area contributed by atoms with Crippen LogP contribution in [-0.4, -0.2) is 30.5 Å². The van der Waals surface area contributed by atoms with Crippen LogP contribution in [0.2, 0.25) is 0 Å². The summed E-state index contributed by atoms with van der Waals surface area (Å²) >= 11 is 3.55. The van der Waals surface area contributed by atoms with Crippen LogP contribution in [0.4, 0.5) is 0 Å². The predicted octanol–water partition coefficient (Wildman–Crippen LogP) is 5.43. The van der Waals surface area contributed by atoms with Crippen molar-refractivity contribution in [2.75, 3.05) is 19.7 Å². The molecule has 30 heavy (non-hydrogen) atoms. The molecule has 1 amide bonds. The molecule has 0 atom stereocenters. The fourth-order valence-corrected chi connectivity index (χ4v) is 4.11. The maximum absolute atomic E-state index is 12.2. The number of nitrogens with one attached hydrogen (secondary N) is 1. The lowest BCUT2D eigenvalue weighted by Crippen LogP contribution is -2.29. The van der Waals surface area contributed by atoms with Gasteiger partial charge in [-0.25, -0.2) is 0 Å². The van der Waals surface area contributed by atoms with Gasteiger partial charge in [0.05, 0.1) is 4.47 Å². The van der Waals surface area contributed by atoms with E-state index in [1.807, 2.05) is 12.1 Å². The van der Waals surface area contributed by atoms with Gasteiger partial charge in [0.25, 0.3) is 5.91 Å². The zero-order chi connectivity index (χ0) is 21.6. The van der Waals surface area contributed by atoms with Gasteiger partial charge in [0, 0.05) is 13.1 Å². The molecule has 0 unspecified atom stereocenters. The molecule has 0 radical (unpaired) electrons. The van der Waals surface area contributed by atoms with Gasteiger partial charge in [0.1, 0.15) is 5.75 Å². The minimum Gasteiger partial charge on any atom is -0.483 e. The van der Waals surface area contributed by atoms with Crippen LogP contribution in [0.15, 0.2) is 46.9 Å². The number of nitrogens with zero attached hydrogens (tertiary/aromatic N) is 1. The van der Waals surface area contributed by atoms with Crippen molar-refractivity contribution < 1.29 is 9.53 Å². The lowest BCUT2D eigenvalue weighted by Gasteiger charge is -2.26. The highest BCUT2D eigenvalue weighted by Crippen LogP contribution is 2.31. The Labute approximate surface area is 189 Å². The van der Waals surface area contributed by atoms with Gasteiger partial charge in [-0.15, -0.1) is 0 Å². The molecule has 1 aliphatic rings. The van der Waals surface area contributed by atoms with Crippen molar-refractivity contribution in [3.8, 4) is 5.75 Å². The average Bonchev–Trinajstić information content (AvgIpc) is 2.72. The minimum atomic E-state index is -0.126. The molecule has 1 heterocycles. The fourth-order valence-electron chi connectivity index (χ4n) is 3.62. The predicted molar refractivity (Wildman–Crippen MR) is 126 cm³/mol. The molecular formula is C25H33BrN2O2. The molecule has 3 rings (SSSR count). The van der Waals surface area contributed by atoms with Crippen LogP contribution in [0.3, 0.4) is 0 Å². The molecule has 0 aliphatic carbocycles. The lowest BCUT2D eigenvalue weighted by atomic mass is 9.87. The second-order valence-corrected chi connectivity index (χ2v) is 9.97. The summed E-state index contributed by atoms with van der Waals surface area (Å²) in [6.45, 7) is 10.4. The number of piperidine rings is 1. The Hall–Kier alpha value is -1.85. The van der Waals surface area contributed by atoms with Crippen LogP contribution in [0, 0.1) is 0 Å². The van der Waals surface area contributed by atoms with Gasteiger partial charge in [-0.05, 0) is 76.1 Å². The fraction of sp³-hybridized carbons (Fsp3) is 0.480.